The van der Waals surface area contributed by atoms with Gasteiger partial charge in [-0.3, -0.25) is 10.7 Å². The van der Waals surface area contributed by atoms with Crippen molar-refractivity contribution in [3.8, 4) is 17.0 Å². The van der Waals surface area contributed by atoms with Crippen molar-refractivity contribution in [2.45, 2.75) is 12.8 Å². The van der Waals surface area contributed by atoms with Crippen molar-refractivity contribution >= 4 is 22.8 Å². The number of nitrogens with one attached hydrogen (secondary N) is 1. The Balaban J connectivity index is 0.00000147. The summed E-state index contributed by atoms with van der Waals surface area (Å²) in [5.74, 6) is 0.875. The fraction of sp³-hybridized carbons (Fsp3) is 0.231. The van der Waals surface area contributed by atoms with E-state index in [0.717, 1.165) is 29.8 Å². The molecule has 105 valence electrons. The van der Waals surface area contributed by atoms with E-state index in [1.54, 1.807) is 18.4 Å². The molecular formula is C13H13CoN3O2S+2. The van der Waals surface area contributed by atoms with Gasteiger partial charge in [-0.25, -0.2) is 9.98 Å². The van der Waals surface area contributed by atoms with Crippen LogP contribution >= 0.6 is 11.3 Å². The number of hydroxylamine groups is 1. The number of methoxy groups -OCH3 is 1. The summed E-state index contributed by atoms with van der Waals surface area (Å²) >= 11 is 1.56. The summed E-state index contributed by atoms with van der Waals surface area (Å²) in [6.45, 7) is 0. The number of aryl methyl sites for hydroxylation is 2. The maximum Gasteiger partial charge on any atom is 2.00 e. The Hall–Kier alpha value is -1.41. The molecule has 0 unspecified atom stereocenters. The molecule has 0 saturated heterocycles. The Morgan fingerprint density at radius 1 is 1.45 bits per heavy atom. The van der Waals surface area contributed by atoms with E-state index in [2.05, 4.69) is 16.0 Å². The molecule has 1 aliphatic rings. The average Bonchev–Trinajstić information content (AvgIpc) is 2.87. The zero-order valence-electron chi connectivity index (χ0n) is 10.7. The number of benzene rings is 1. The number of fused-ring (bicyclic) bond motifs is 3. The maximum absolute atomic E-state index is 8.51. The minimum absolute atomic E-state index is 0. The van der Waals surface area contributed by atoms with Crippen LogP contribution in [0.1, 0.15) is 10.4 Å². The monoisotopic (exact) mass is 334 g/mol. The first kappa shape index (κ1) is 15.0. The van der Waals surface area contributed by atoms with Crippen molar-refractivity contribution in [1.29, 1.82) is 0 Å². The molecule has 0 bridgehead atoms. The Morgan fingerprint density at radius 2 is 2.30 bits per heavy atom. The maximum atomic E-state index is 8.51. The van der Waals surface area contributed by atoms with Gasteiger partial charge in [-0.1, -0.05) is 11.3 Å². The van der Waals surface area contributed by atoms with Crippen LogP contribution in [0.4, 0.5) is 5.13 Å². The van der Waals surface area contributed by atoms with Gasteiger partial charge in [0.05, 0.1) is 12.8 Å². The van der Waals surface area contributed by atoms with Gasteiger partial charge in [-0.2, -0.15) is 0 Å². The Bertz CT molecular complexity index is 643. The molecule has 0 atom stereocenters. The Morgan fingerprint density at radius 3 is 3.05 bits per heavy atom. The third-order valence-corrected chi connectivity index (χ3v) is 4.13. The third-order valence-electron chi connectivity index (χ3n) is 3.11. The molecular weight excluding hydrogens is 321 g/mol. The number of rotatable bonds is 3. The second kappa shape index (κ2) is 6.36. The van der Waals surface area contributed by atoms with Crippen LogP contribution in [0.5, 0.6) is 5.75 Å². The van der Waals surface area contributed by atoms with Gasteiger partial charge in [0, 0.05) is 10.4 Å². The summed E-state index contributed by atoms with van der Waals surface area (Å²) in [5.41, 5.74) is 5.30. The zero-order valence-corrected chi connectivity index (χ0v) is 12.6. The van der Waals surface area contributed by atoms with Crippen molar-refractivity contribution in [3.05, 3.63) is 28.6 Å². The molecule has 0 amide bonds. The molecule has 2 N–H and O–H groups in total. The van der Waals surface area contributed by atoms with Gasteiger partial charge in [0.2, 0.25) is 5.13 Å². The number of hydrogen-bond acceptors (Lipinski definition) is 5. The van der Waals surface area contributed by atoms with Crippen LogP contribution < -0.4 is 10.2 Å². The van der Waals surface area contributed by atoms with Gasteiger partial charge in [-0.05, 0) is 36.6 Å². The number of nitrogens with zero attached hydrogens (tertiary/aromatic N) is 2. The minimum atomic E-state index is 0. The van der Waals surface area contributed by atoms with Gasteiger partial charge in [0.1, 0.15) is 12.1 Å². The summed E-state index contributed by atoms with van der Waals surface area (Å²) in [5, 5.41) is 9.16. The van der Waals surface area contributed by atoms with Crippen LogP contribution in [-0.2, 0) is 29.6 Å². The van der Waals surface area contributed by atoms with Crippen molar-refractivity contribution in [2.24, 2.45) is 4.99 Å². The fourth-order valence-electron chi connectivity index (χ4n) is 2.24. The molecule has 7 heteroatoms. The van der Waals surface area contributed by atoms with E-state index in [9.17, 15) is 0 Å². The SMILES string of the molecule is COc1ccc2c(c1)CCc1sc(/N=C\NO)nc1-2.[Co+2]. The molecule has 3 rings (SSSR count). The zero-order chi connectivity index (χ0) is 13.2. The molecule has 2 aromatic rings. The molecule has 0 saturated carbocycles. The number of thiazole rings is 1. The first-order valence-electron chi connectivity index (χ1n) is 5.91. The summed E-state index contributed by atoms with van der Waals surface area (Å²) in [6, 6.07) is 6.06. The van der Waals surface area contributed by atoms with Crippen LogP contribution in [-0.4, -0.2) is 23.6 Å². The standard InChI is InChI=1S/C13H13N3O2S.Co/c1-18-9-3-4-10-8(6-9)2-5-11-12(10)16-13(19-11)14-7-15-17;/h3-4,6-7,17H,2,5H2,1H3,(H,14,15,16);/q;+2. The van der Waals surface area contributed by atoms with Crippen LogP contribution in [0.3, 0.4) is 0 Å². The van der Waals surface area contributed by atoms with Crippen molar-refractivity contribution in [1.82, 2.24) is 10.5 Å². The van der Waals surface area contributed by atoms with E-state index in [-0.39, 0.29) is 16.8 Å². The van der Waals surface area contributed by atoms with Gasteiger partial charge in [0.25, 0.3) is 0 Å². The molecule has 5 nitrogen and oxygen atoms in total. The van der Waals surface area contributed by atoms with E-state index >= 15 is 0 Å². The van der Waals surface area contributed by atoms with Crippen molar-refractivity contribution in [2.75, 3.05) is 7.11 Å². The summed E-state index contributed by atoms with van der Waals surface area (Å²) in [7, 11) is 1.67. The fourth-order valence-corrected chi connectivity index (χ4v) is 3.16. The average molecular weight is 334 g/mol. The summed E-state index contributed by atoms with van der Waals surface area (Å²) in [6.07, 6.45) is 3.18. The molecule has 0 fully saturated rings. The van der Waals surface area contributed by atoms with E-state index in [0.29, 0.717) is 5.13 Å². The predicted octanol–water partition coefficient (Wildman–Crippen LogP) is 2.55. The second-order valence-corrected chi connectivity index (χ2v) is 5.24. The smallest absolute Gasteiger partial charge is 0.497 e. The molecule has 1 heterocycles. The van der Waals surface area contributed by atoms with Crippen LogP contribution in [0.25, 0.3) is 11.3 Å². The van der Waals surface area contributed by atoms with E-state index in [4.69, 9.17) is 9.94 Å². The minimum Gasteiger partial charge on any atom is -0.497 e. The van der Waals surface area contributed by atoms with E-state index < -0.39 is 0 Å². The number of aromatic nitrogens is 1. The predicted molar refractivity (Wildman–Crippen MR) is 74.6 cm³/mol. The van der Waals surface area contributed by atoms with Gasteiger partial charge < -0.3 is 4.74 Å². The largest absolute Gasteiger partial charge is 2.00 e. The third kappa shape index (κ3) is 2.71. The second-order valence-electron chi connectivity index (χ2n) is 4.18. The van der Waals surface area contributed by atoms with E-state index in [1.165, 1.54) is 16.8 Å². The quantitative estimate of drug-likeness (QED) is 0.514. The normalized spacial score (nSPS) is 12.5. The number of ether oxygens (including phenoxy) is 1. The first-order valence-corrected chi connectivity index (χ1v) is 6.72. The molecule has 1 aliphatic carbocycles. The van der Waals surface area contributed by atoms with Crippen LogP contribution in [0.2, 0.25) is 0 Å². The molecule has 0 spiro atoms. The number of aliphatic imine (C=N–C) groups is 1. The van der Waals surface area contributed by atoms with Crippen LogP contribution in [0, 0.1) is 0 Å². The molecule has 1 aromatic carbocycles. The van der Waals surface area contributed by atoms with Crippen molar-refractivity contribution in [3.63, 3.8) is 0 Å². The Labute approximate surface area is 130 Å². The van der Waals surface area contributed by atoms with Gasteiger partial charge in [-0.15, -0.1) is 0 Å². The Kier molecular flexibility index (Phi) is 4.76. The van der Waals surface area contributed by atoms with Crippen LogP contribution in [0.15, 0.2) is 23.2 Å². The van der Waals surface area contributed by atoms with E-state index in [1.807, 2.05) is 17.6 Å². The van der Waals surface area contributed by atoms with Gasteiger partial charge >= 0.3 is 16.8 Å². The molecule has 1 radical (unpaired) electrons. The molecule has 0 aliphatic heterocycles. The topological polar surface area (TPSA) is 66.7 Å². The van der Waals surface area contributed by atoms with Crippen molar-refractivity contribution < 1.29 is 26.7 Å². The van der Waals surface area contributed by atoms with Gasteiger partial charge in [0.15, 0.2) is 0 Å². The molecule has 1 aromatic heterocycles. The first-order chi connectivity index (χ1) is 9.31. The molecule has 20 heavy (non-hydrogen) atoms. The number of hydrogen-bond donors (Lipinski definition) is 2. The summed E-state index contributed by atoms with van der Waals surface area (Å²) < 4.78 is 5.25. The summed E-state index contributed by atoms with van der Waals surface area (Å²) in [4.78, 5) is 9.79.